The first-order valence-electron chi connectivity index (χ1n) is 6.73. The Labute approximate surface area is 123 Å². The molecule has 6 heteroatoms. The Balaban J connectivity index is 1.93. The van der Waals surface area contributed by atoms with Gasteiger partial charge >= 0.3 is 0 Å². The van der Waals surface area contributed by atoms with Crippen molar-refractivity contribution in [2.45, 2.75) is 17.4 Å². The first-order valence-corrected chi connectivity index (χ1v) is 8.38. The Morgan fingerprint density at radius 2 is 2.05 bits per heavy atom. The monoisotopic (exact) mass is 304 g/mol. The maximum atomic E-state index is 12.5. The molecule has 1 aliphatic rings. The van der Waals surface area contributed by atoms with E-state index in [2.05, 4.69) is 4.98 Å². The Bertz CT molecular complexity index is 759. The second-order valence-corrected chi connectivity index (χ2v) is 7.00. The minimum Gasteiger partial charge on any atom is -0.493 e. The van der Waals surface area contributed by atoms with E-state index in [1.54, 1.807) is 12.1 Å². The molecule has 0 saturated heterocycles. The summed E-state index contributed by atoms with van der Waals surface area (Å²) in [4.78, 5) is 3.93. The van der Waals surface area contributed by atoms with Crippen LogP contribution in [0.5, 0.6) is 5.75 Å². The number of hydrogen-bond donors (Lipinski definition) is 1. The van der Waals surface area contributed by atoms with Crippen LogP contribution in [0.4, 0.5) is 5.69 Å². The molecular weight excluding hydrogens is 288 g/mol. The van der Waals surface area contributed by atoms with Gasteiger partial charge in [0.25, 0.3) is 0 Å². The van der Waals surface area contributed by atoms with Crippen LogP contribution in [0.1, 0.15) is 17.9 Å². The molecule has 110 valence electrons. The lowest BCUT2D eigenvalue weighted by atomic mass is 9.95. The molecule has 2 aromatic rings. The molecule has 2 heterocycles. The molecule has 0 fully saturated rings. The number of benzene rings is 1. The van der Waals surface area contributed by atoms with E-state index in [-0.39, 0.29) is 22.4 Å². The van der Waals surface area contributed by atoms with Crippen LogP contribution >= 0.6 is 0 Å². The number of hydrogen-bond acceptors (Lipinski definition) is 5. The highest BCUT2D eigenvalue weighted by atomic mass is 32.2. The lowest BCUT2D eigenvalue weighted by Crippen LogP contribution is -2.22. The summed E-state index contributed by atoms with van der Waals surface area (Å²) in [7, 11) is -3.52. The van der Waals surface area contributed by atoms with Crippen molar-refractivity contribution in [1.29, 1.82) is 0 Å². The Hall–Kier alpha value is -2.08. The fourth-order valence-corrected chi connectivity index (χ4v) is 4.28. The maximum Gasteiger partial charge on any atom is 0.198 e. The number of ether oxygens (including phenoxy) is 1. The van der Waals surface area contributed by atoms with Crippen LogP contribution in [0.15, 0.2) is 47.6 Å². The average molecular weight is 304 g/mol. The molecule has 1 atom stereocenters. The molecule has 0 saturated carbocycles. The zero-order valence-electron chi connectivity index (χ0n) is 11.4. The second kappa shape index (κ2) is 5.37. The number of para-hydroxylation sites is 1. The fourth-order valence-electron chi connectivity index (χ4n) is 2.60. The topological polar surface area (TPSA) is 82.3 Å². The molecule has 1 aliphatic heterocycles. The molecule has 1 aromatic heterocycles. The third-order valence-corrected chi connectivity index (χ3v) is 5.37. The largest absolute Gasteiger partial charge is 0.493 e. The summed E-state index contributed by atoms with van der Waals surface area (Å²) in [6, 6.07) is 10.7. The summed E-state index contributed by atoms with van der Waals surface area (Å²) in [5.41, 5.74) is 6.86. The molecule has 0 aliphatic carbocycles. The van der Waals surface area contributed by atoms with E-state index < -0.39 is 9.84 Å². The lowest BCUT2D eigenvalue weighted by Gasteiger charge is -2.25. The molecule has 5 nitrogen and oxygen atoms in total. The van der Waals surface area contributed by atoms with Gasteiger partial charge in [0, 0.05) is 12.1 Å². The van der Waals surface area contributed by atoms with Crippen molar-refractivity contribution in [3.63, 3.8) is 0 Å². The van der Waals surface area contributed by atoms with Crippen molar-refractivity contribution in [1.82, 2.24) is 4.98 Å². The van der Waals surface area contributed by atoms with E-state index in [1.165, 1.54) is 6.20 Å². The summed E-state index contributed by atoms with van der Waals surface area (Å²) in [6.07, 6.45) is 2.12. The van der Waals surface area contributed by atoms with Gasteiger partial charge in [-0.1, -0.05) is 18.2 Å². The van der Waals surface area contributed by atoms with E-state index in [4.69, 9.17) is 10.5 Å². The smallest absolute Gasteiger partial charge is 0.198 e. The predicted molar refractivity (Wildman–Crippen MR) is 80.0 cm³/mol. The summed E-state index contributed by atoms with van der Waals surface area (Å²) in [5, 5.41) is -0.0334. The van der Waals surface area contributed by atoms with Gasteiger partial charge in [-0.3, -0.25) is 0 Å². The number of rotatable bonds is 3. The van der Waals surface area contributed by atoms with Gasteiger partial charge in [-0.25, -0.2) is 13.4 Å². The van der Waals surface area contributed by atoms with E-state index in [0.717, 1.165) is 11.3 Å². The highest BCUT2D eigenvalue weighted by Crippen LogP contribution is 2.35. The van der Waals surface area contributed by atoms with Gasteiger partial charge in [0.05, 0.1) is 18.0 Å². The second-order valence-electron chi connectivity index (χ2n) is 5.05. The first kappa shape index (κ1) is 13.9. The highest BCUT2D eigenvalue weighted by molar-refractivity contribution is 7.91. The van der Waals surface area contributed by atoms with Crippen LogP contribution in [0.2, 0.25) is 0 Å². The molecule has 2 N–H and O–H groups in total. The molecule has 21 heavy (non-hydrogen) atoms. The molecule has 3 rings (SSSR count). The molecular formula is C15H16N2O3S. The van der Waals surface area contributed by atoms with Gasteiger partial charge < -0.3 is 10.5 Å². The highest BCUT2D eigenvalue weighted by Gasteiger charge is 2.29. The van der Waals surface area contributed by atoms with Crippen molar-refractivity contribution < 1.29 is 13.2 Å². The van der Waals surface area contributed by atoms with E-state index in [1.807, 2.05) is 24.3 Å². The van der Waals surface area contributed by atoms with Gasteiger partial charge in [0.2, 0.25) is 0 Å². The number of nitrogen functional groups attached to an aromatic ring is 1. The number of aromatic nitrogens is 1. The van der Waals surface area contributed by atoms with Gasteiger partial charge in [0.15, 0.2) is 14.9 Å². The van der Waals surface area contributed by atoms with Crippen molar-refractivity contribution in [3.05, 3.63) is 48.2 Å². The molecule has 0 radical (unpaired) electrons. The maximum absolute atomic E-state index is 12.5. The van der Waals surface area contributed by atoms with E-state index >= 15 is 0 Å². The molecule has 1 unspecified atom stereocenters. The zero-order valence-corrected chi connectivity index (χ0v) is 12.2. The molecule has 1 aromatic carbocycles. The molecule has 0 spiro atoms. The summed E-state index contributed by atoms with van der Waals surface area (Å²) < 4.78 is 30.7. The molecule has 0 bridgehead atoms. The predicted octanol–water partition coefficient (Wildman–Crippen LogP) is 2.00. The minimum atomic E-state index is -3.52. The van der Waals surface area contributed by atoms with Crippen molar-refractivity contribution >= 4 is 15.5 Å². The Morgan fingerprint density at radius 1 is 1.24 bits per heavy atom. The van der Waals surface area contributed by atoms with Gasteiger partial charge in [0.1, 0.15) is 5.75 Å². The quantitative estimate of drug-likeness (QED) is 0.938. The van der Waals surface area contributed by atoms with Crippen molar-refractivity contribution in [2.75, 3.05) is 18.1 Å². The Morgan fingerprint density at radius 3 is 2.86 bits per heavy atom. The number of nitrogens with two attached hydrogens (primary N) is 1. The number of fused-ring (bicyclic) bond motifs is 1. The van der Waals surface area contributed by atoms with Crippen LogP contribution < -0.4 is 10.5 Å². The number of sulfone groups is 1. The van der Waals surface area contributed by atoms with Crippen molar-refractivity contribution in [2.24, 2.45) is 0 Å². The van der Waals surface area contributed by atoms with Crippen LogP contribution in [-0.4, -0.2) is 25.8 Å². The number of nitrogens with zero attached hydrogens (tertiary/aromatic N) is 1. The van der Waals surface area contributed by atoms with Crippen LogP contribution in [0.3, 0.4) is 0 Å². The first-order chi connectivity index (χ1) is 10.1. The summed E-state index contributed by atoms with van der Waals surface area (Å²) >= 11 is 0. The van der Waals surface area contributed by atoms with Gasteiger partial charge in [-0.2, -0.15) is 0 Å². The summed E-state index contributed by atoms with van der Waals surface area (Å²) in [6.45, 7) is 0.523. The van der Waals surface area contributed by atoms with E-state index in [9.17, 15) is 8.42 Å². The fraction of sp³-hybridized carbons (Fsp3) is 0.267. The number of pyridine rings is 1. The van der Waals surface area contributed by atoms with Crippen LogP contribution in [0.25, 0.3) is 0 Å². The van der Waals surface area contributed by atoms with E-state index in [0.29, 0.717) is 13.0 Å². The minimum absolute atomic E-state index is 0.00537. The Kier molecular flexibility index (Phi) is 3.55. The number of anilines is 1. The average Bonchev–Trinajstić information content (AvgIpc) is 2.47. The normalized spacial score (nSPS) is 17.8. The van der Waals surface area contributed by atoms with Crippen molar-refractivity contribution in [3.8, 4) is 5.75 Å². The van der Waals surface area contributed by atoms with Gasteiger partial charge in [-0.05, 0) is 30.2 Å². The lowest BCUT2D eigenvalue weighted by molar-refractivity contribution is 0.272. The summed E-state index contributed by atoms with van der Waals surface area (Å²) in [5.74, 6) is 0.661. The van der Waals surface area contributed by atoms with Gasteiger partial charge in [-0.15, -0.1) is 0 Å². The molecule has 0 amide bonds. The standard InChI is InChI=1S/C15H16N2O3S/c16-13-5-3-8-17-15(13)21(18,19)10-11-7-9-20-14-6-2-1-4-12(11)14/h1-6,8,11H,7,9-10,16H2. The third-order valence-electron chi connectivity index (χ3n) is 3.60. The SMILES string of the molecule is Nc1cccnc1S(=O)(=O)CC1CCOc2ccccc21. The third kappa shape index (κ3) is 2.71. The zero-order chi connectivity index (χ0) is 14.9. The van der Waals surface area contributed by atoms with Crippen LogP contribution in [-0.2, 0) is 9.84 Å². The van der Waals surface area contributed by atoms with Crippen LogP contribution in [0, 0.1) is 0 Å².